The molecule has 2 N–H and O–H groups in total. The van der Waals surface area contributed by atoms with E-state index < -0.39 is 0 Å². The second-order valence-corrected chi connectivity index (χ2v) is 7.59. The third-order valence-electron chi connectivity index (χ3n) is 5.19. The van der Waals surface area contributed by atoms with Gasteiger partial charge in [0, 0.05) is 35.1 Å². The largest absolute Gasteiger partial charge is 0.342 e. The number of hydrogen-bond acceptors (Lipinski definition) is 2. The second-order valence-electron chi connectivity index (χ2n) is 6.75. The van der Waals surface area contributed by atoms with E-state index in [0.29, 0.717) is 28.3 Å². The Morgan fingerprint density at radius 1 is 1.35 bits per heavy atom. The summed E-state index contributed by atoms with van der Waals surface area (Å²) in [4.78, 5) is 14.7. The van der Waals surface area contributed by atoms with E-state index in [2.05, 4.69) is 0 Å². The molecule has 1 aliphatic heterocycles. The van der Waals surface area contributed by atoms with E-state index in [9.17, 15) is 4.79 Å². The summed E-state index contributed by atoms with van der Waals surface area (Å²) in [6, 6.07) is 5.72. The molecule has 0 spiro atoms. The van der Waals surface area contributed by atoms with Gasteiger partial charge in [-0.1, -0.05) is 36.2 Å². The molecule has 1 saturated carbocycles. The van der Waals surface area contributed by atoms with Crippen LogP contribution < -0.4 is 5.73 Å². The highest BCUT2D eigenvalue weighted by atomic mass is 35.5. The molecule has 4 unspecified atom stereocenters. The number of carbonyl (C=O) groups excluding carboxylic acids is 1. The van der Waals surface area contributed by atoms with Crippen LogP contribution in [0.3, 0.4) is 0 Å². The highest BCUT2D eigenvalue weighted by Crippen LogP contribution is 2.37. The van der Waals surface area contributed by atoms with Crippen LogP contribution in [-0.4, -0.2) is 29.9 Å². The highest BCUT2D eigenvalue weighted by molar-refractivity contribution is 6.35. The fourth-order valence-electron chi connectivity index (χ4n) is 3.90. The topological polar surface area (TPSA) is 46.3 Å². The normalized spacial score (nSPS) is 27.5. The van der Waals surface area contributed by atoms with Gasteiger partial charge in [0.2, 0.25) is 5.91 Å². The molecule has 1 aromatic carbocycles. The van der Waals surface area contributed by atoms with Crippen LogP contribution in [0.15, 0.2) is 18.2 Å². The number of benzene rings is 1. The molecule has 2 aliphatic rings. The minimum atomic E-state index is -0.0753. The van der Waals surface area contributed by atoms with E-state index in [1.165, 1.54) is 0 Å². The van der Waals surface area contributed by atoms with Gasteiger partial charge < -0.3 is 10.6 Å². The predicted molar refractivity (Wildman–Crippen MR) is 97.3 cm³/mol. The minimum absolute atomic E-state index is 0. The molecule has 3 nitrogen and oxygen atoms in total. The molecule has 1 saturated heterocycles. The number of rotatable bonds is 3. The lowest BCUT2D eigenvalue weighted by Gasteiger charge is -2.23. The van der Waals surface area contributed by atoms with Crippen LogP contribution in [0, 0.1) is 17.8 Å². The van der Waals surface area contributed by atoms with Crippen LogP contribution in [0.2, 0.25) is 10.0 Å². The Kier molecular flexibility index (Phi) is 6.23. The predicted octanol–water partition coefficient (Wildman–Crippen LogP) is 3.79. The Balaban J connectivity index is 0.00000192. The van der Waals surface area contributed by atoms with Crippen molar-refractivity contribution in [1.82, 2.24) is 4.90 Å². The number of likely N-dealkylation sites (tertiary alicyclic amines) is 1. The van der Waals surface area contributed by atoms with Gasteiger partial charge in [0.15, 0.2) is 0 Å². The summed E-state index contributed by atoms with van der Waals surface area (Å²) in [5.41, 5.74) is 7.12. The summed E-state index contributed by atoms with van der Waals surface area (Å²) in [6.45, 7) is 3.67. The Morgan fingerprint density at radius 2 is 2.09 bits per heavy atom. The molecule has 1 aliphatic carbocycles. The van der Waals surface area contributed by atoms with Crippen molar-refractivity contribution in [3.05, 3.63) is 33.8 Å². The lowest BCUT2D eigenvalue weighted by atomic mass is 9.98. The van der Waals surface area contributed by atoms with Crippen LogP contribution in [0.5, 0.6) is 0 Å². The number of amides is 1. The molecule has 1 heterocycles. The lowest BCUT2D eigenvalue weighted by molar-refractivity contribution is -0.134. The van der Waals surface area contributed by atoms with Gasteiger partial charge in [-0.15, -0.1) is 12.4 Å². The van der Waals surface area contributed by atoms with Crippen molar-refractivity contribution in [1.29, 1.82) is 0 Å². The van der Waals surface area contributed by atoms with Crippen molar-refractivity contribution in [2.24, 2.45) is 23.5 Å². The van der Waals surface area contributed by atoms with Crippen molar-refractivity contribution in [2.75, 3.05) is 13.1 Å². The second kappa shape index (κ2) is 7.60. The summed E-state index contributed by atoms with van der Waals surface area (Å²) < 4.78 is 0. The Labute approximate surface area is 153 Å². The van der Waals surface area contributed by atoms with E-state index in [1.54, 1.807) is 6.07 Å². The SMILES string of the molecule is CC(Cc1ccc(Cl)cc1Cl)C(=O)N1CC2CCC(N)C2C1.Cl. The number of carbonyl (C=O) groups is 1. The molecular formula is C17H23Cl3N2O. The van der Waals surface area contributed by atoms with E-state index in [0.717, 1.165) is 31.5 Å². The zero-order chi connectivity index (χ0) is 15.9. The maximum atomic E-state index is 12.7. The summed E-state index contributed by atoms with van der Waals surface area (Å²) >= 11 is 12.1. The van der Waals surface area contributed by atoms with Crippen LogP contribution >= 0.6 is 35.6 Å². The van der Waals surface area contributed by atoms with Crippen molar-refractivity contribution >= 4 is 41.5 Å². The zero-order valence-electron chi connectivity index (χ0n) is 13.2. The van der Waals surface area contributed by atoms with Gasteiger partial charge in [0.1, 0.15) is 0 Å². The van der Waals surface area contributed by atoms with Gasteiger partial charge in [-0.05, 0) is 48.8 Å². The highest BCUT2D eigenvalue weighted by Gasteiger charge is 2.43. The molecule has 2 fully saturated rings. The van der Waals surface area contributed by atoms with Gasteiger partial charge in [0.25, 0.3) is 0 Å². The van der Waals surface area contributed by atoms with Crippen molar-refractivity contribution in [2.45, 2.75) is 32.2 Å². The van der Waals surface area contributed by atoms with Crippen molar-refractivity contribution in [3.63, 3.8) is 0 Å². The average Bonchev–Trinajstić information content (AvgIpc) is 3.03. The van der Waals surface area contributed by atoms with E-state index in [1.807, 2.05) is 24.0 Å². The number of nitrogens with zero attached hydrogens (tertiary/aromatic N) is 1. The van der Waals surface area contributed by atoms with E-state index >= 15 is 0 Å². The maximum Gasteiger partial charge on any atom is 0.225 e. The van der Waals surface area contributed by atoms with E-state index in [-0.39, 0.29) is 30.3 Å². The van der Waals surface area contributed by atoms with Crippen LogP contribution in [-0.2, 0) is 11.2 Å². The Morgan fingerprint density at radius 3 is 2.74 bits per heavy atom. The third kappa shape index (κ3) is 3.96. The molecule has 4 atom stereocenters. The monoisotopic (exact) mass is 376 g/mol. The molecule has 0 bridgehead atoms. The number of fused-ring (bicyclic) bond motifs is 1. The smallest absolute Gasteiger partial charge is 0.225 e. The molecule has 0 radical (unpaired) electrons. The summed E-state index contributed by atoms with van der Waals surface area (Å²) in [7, 11) is 0. The Bertz CT molecular complexity index is 581. The number of hydrogen-bond donors (Lipinski definition) is 1. The summed E-state index contributed by atoms with van der Waals surface area (Å²) in [5, 5.41) is 1.25. The van der Waals surface area contributed by atoms with Gasteiger partial charge in [-0.2, -0.15) is 0 Å². The van der Waals surface area contributed by atoms with E-state index in [4.69, 9.17) is 28.9 Å². The van der Waals surface area contributed by atoms with Gasteiger partial charge in [-0.25, -0.2) is 0 Å². The van der Waals surface area contributed by atoms with Gasteiger partial charge in [-0.3, -0.25) is 4.79 Å². The molecule has 1 aromatic rings. The first-order valence-electron chi connectivity index (χ1n) is 7.94. The molecule has 1 amide bonds. The minimum Gasteiger partial charge on any atom is -0.342 e. The molecule has 128 valence electrons. The van der Waals surface area contributed by atoms with Crippen molar-refractivity contribution < 1.29 is 4.79 Å². The van der Waals surface area contributed by atoms with Gasteiger partial charge >= 0.3 is 0 Å². The lowest BCUT2D eigenvalue weighted by Crippen LogP contribution is -2.37. The first-order valence-corrected chi connectivity index (χ1v) is 8.69. The maximum absolute atomic E-state index is 12.7. The van der Waals surface area contributed by atoms with Crippen LogP contribution in [0.4, 0.5) is 0 Å². The van der Waals surface area contributed by atoms with Crippen LogP contribution in [0.25, 0.3) is 0 Å². The fourth-order valence-corrected chi connectivity index (χ4v) is 4.39. The fraction of sp³-hybridized carbons (Fsp3) is 0.588. The summed E-state index contributed by atoms with van der Waals surface area (Å²) in [5.74, 6) is 1.24. The third-order valence-corrected chi connectivity index (χ3v) is 5.77. The van der Waals surface area contributed by atoms with Gasteiger partial charge in [0.05, 0.1) is 0 Å². The zero-order valence-corrected chi connectivity index (χ0v) is 15.5. The quantitative estimate of drug-likeness (QED) is 0.871. The Hall–Kier alpha value is -0.480. The first-order chi connectivity index (χ1) is 10.5. The standard InChI is InChI=1S/C17H22Cl2N2O.ClH/c1-10(6-11-2-4-13(18)7-15(11)19)17(22)21-8-12-3-5-16(20)14(12)9-21;/h2,4,7,10,12,14,16H,3,5-6,8-9,20H2,1H3;1H. The summed E-state index contributed by atoms with van der Waals surface area (Å²) in [6.07, 6.45) is 2.91. The average molecular weight is 378 g/mol. The molecule has 6 heteroatoms. The van der Waals surface area contributed by atoms with Crippen LogP contribution in [0.1, 0.15) is 25.3 Å². The molecule has 23 heavy (non-hydrogen) atoms. The first kappa shape index (κ1) is 18.9. The van der Waals surface area contributed by atoms with Crippen molar-refractivity contribution in [3.8, 4) is 0 Å². The molecular weight excluding hydrogens is 355 g/mol. The number of nitrogens with two attached hydrogens (primary N) is 1. The number of halogens is 3. The molecule has 3 rings (SSSR count). The molecule has 0 aromatic heterocycles.